The van der Waals surface area contributed by atoms with Crippen molar-refractivity contribution in [2.75, 3.05) is 6.61 Å². The third kappa shape index (κ3) is 5.89. The van der Waals surface area contributed by atoms with Crippen LogP contribution in [0.5, 0.6) is 0 Å². The van der Waals surface area contributed by atoms with Gasteiger partial charge in [0.25, 0.3) is 0 Å². The first kappa shape index (κ1) is 29.2. The molecule has 6 heterocycles. The Balaban J connectivity index is 1.55. The van der Waals surface area contributed by atoms with Gasteiger partial charge in [0, 0.05) is 51.9 Å². The molecule has 6 fully saturated rings. The first-order chi connectivity index (χ1) is 16.9. The lowest BCUT2D eigenvalue weighted by molar-refractivity contribution is -0.148. The molecule has 0 aromatic heterocycles. The number of esters is 1. The summed E-state index contributed by atoms with van der Waals surface area (Å²) in [6.07, 6.45) is 1.10. The first-order valence-electron chi connectivity index (χ1n) is 12.4. The summed E-state index contributed by atoms with van der Waals surface area (Å²) in [6, 6.07) is 0.268. The van der Waals surface area contributed by atoms with E-state index in [0.717, 1.165) is 0 Å². The van der Waals surface area contributed by atoms with Gasteiger partial charge in [0.1, 0.15) is 0 Å². The zero-order valence-electron chi connectivity index (χ0n) is 22.6. The molecule has 8 bridgehead atoms. The Morgan fingerprint density at radius 2 is 0.892 bits per heavy atom. The fourth-order valence-corrected chi connectivity index (χ4v) is 51.1. The standard InChI is InChI=1S/C15H36O14Si8/c1-10-14(2)15(16)17-12-11-13-37-27-34(7)21-31(4)18-30(3)19-32(5,23-34)25-36(9,29-37)26-33(6,20-30)24-35(8,22-31)28-37/h14H,10-13H2,1-9H3. The molecule has 0 amide bonds. The molecule has 6 saturated heterocycles. The molecule has 0 aromatic carbocycles. The Bertz CT molecular complexity index is 847. The van der Waals surface area contributed by atoms with Crippen LogP contribution < -0.4 is 0 Å². The molecule has 37 heavy (non-hydrogen) atoms. The maximum atomic E-state index is 12.2. The van der Waals surface area contributed by atoms with Crippen LogP contribution in [0.25, 0.3) is 0 Å². The number of carbonyl (C=O) groups is 1. The second kappa shape index (κ2) is 9.11. The van der Waals surface area contributed by atoms with Crippen molar-refractivity contribution in [3.05, 3.63) is 0 Å². The van der Waals surface area contributed by atoms with Gasteiger partial charge in [-0.2, -0.15) is 0 Å². The summed E-state index contributed by atoms with van der Waals surface area (Å²) in [4.78, 5) is 12.2. The summed E-state index contributed by atoms with van der Waals surface area (Å²) in [7, 11) is -28.7. The van der Waals surface area contributed by atoms with Crippen LogP contribution in [0.3, 0.4) is 0 Å². The van der Waals surface area contributed by atoms with Gasteiger partial charge >= 0.3 is 76.4 Å². The molecular formula is C15H36O14Si8. The van der Waals surface area contributed by atoms with Crippen LogP contribution in [0.15, 0.2) is 0 Å². The molecular weight excluding hydrogens is 629 g/mol. The smallest absolute Gasteiger partial charge is 0.465 e. The maximum absolute atomic E-state index is 12.2. The van der Waals surface area contributed by atoms with Crippen molar-refractivity contribution < 1.29 is 58.9 Å². The summed E-state index contributed by atoms with van der Waals surface area (Å²) in [6.45, 7) is 16.1. The van der Waals surface area contributed by atoms with Gasteiger partial charge in [-0.25, -0.2) is 0 Å². The van der Waals surface area contributed by atoms with Gasteiger partial charge < -0.3 is 54.1 Å². The second-order valence-corrected chi connectivity index (χ2v) is 34.3. The number of rotatable bonds is 6. The number of hydrogen-bond donors (Lipinski definition) is 0. The van der Waals surface area contributed by atoms with Crippen LogP contribution in [0, 0.1) is 5.92 Å². The molecule has 0 aliphatic carbocycles. The van der Waals surface area contributed by atoms with Gasteiger partial charge in [0.05, 0.1) is 12.5 Å². The molecule has 1 atom stereocenters. The van der Waals surface area contributed by atoms with E-state index in [4.69, 9.17) is 54.1 Å². The summed E-state index contributed by atoms with van der Waals surface area (Å²) in [5.74, 6) is -0.435. The second-order valence-electron chi connectivity index (χ2n) is 10.5. The minimum absolute atomic E-state index is 0.165. The highest BCUT2D eigenvalue weighted by molar-refractivity contribution is 7.02. The lowest BCUT2D eigenvalue weighted by Gasteiger charge is -2.60. The van der Waals surface area contributed by atoms with Crippen LogP contribution in [-0.4, -0.2) is 83.0 Å². The van der Waals surface area contributed by atoms with Crippen LogP contribution >= 0.6 is 0 Å². The van der Waals surface area contributed by atoms with Crippen molar-refractivity contribution in [3.63, 3.8) is 0 Å². The molecule has 0 N–H and O–H groups in total. The predicted octanol–water partition coefficient (Wildman–Crippen LogP) is 2.15. The van der Waals surface area contributed by atoms with Crippen molar-refractivity contribution >= 4 is 76.4 Å². The van der Waals surface area contributed by atoms with Gasteiger partial charge in [0.2, 0.25) is 0 Å². The molecule has 6 aliphatic rings. The number of hydrogen-bond acceptors (Lipinski definition) is 14. The van der Waals surface area contributed by atoms with Crippen molar-refractivity contribution in [1.29, 1.82) is 0 Å². The quantitative estimate of drug-likeness (QED) is 0.233. The fraction of sp³-hybridized carbons (Fsp3) is 0.933. The molecule has 0 radical (unpaired) electrons. The third-order valence-corrected chi connectivity index (χ3v) is 42.1. The minimum atomic E-state index is -3.74. The molecule has 0 aromatic rings. The lowest BCUT2D eigenvalue weighted by atomic mass is 10.1. The third-order valence-electron chi connectivity index (χ3n) is 6.25. The topological polar surface area (TPSA) is 137 Å². The minimum Gasteiger partial charge on any atom is -0.465 e. The monoisotopic (exact) mass is 664 g/mol. The van der Waals surface area contributed by atoms with Crippen molar-refractivity contribution in [2.45, 2.75) is 78.6 Å². The molecule has 212 valence electrons. The maximum Gasteiger partial charge on any atom is 0.478 e. The fourth-order valence-electron chi connectivity index (χ4n) is 5.30. The Hall–Kier alpha value is 0.725. The SMILES string of the molecule is CCC(C)C(=O)OCCC[Si]12O[Si]3(C)O[Si]4(C)O[Si]5(C)O[Si](C)(O3)O[Si](C)(O[Si](C)(O5)O[Si](C)(O4)O1)O2. The van der Waals surface area contributed by atoms with E-state index in [1.807, 2.05) is 13.8 Å². The highest BCUT2D eigenvalue weighted by Gasteiger charge is 2.78. The van der Waals surface area contributed by atoms with E-state index in [1.54, 1.807) is 45.8 Å². The van der Waals surface area contributed by atoms with E-state index >= 15 is 0 Å². The van der Waals surface area contributed by atoms with E-state index in [-0.39, 0.29) is 24.5 Å². The zero-order chi connectivity index (χ0) is 27.2. The molecule has 22 heteroatoms. The summed E-state index contributed by atoms with van der Waals surface area (Å²) in [5.41, 5.74) is 0. The largest absolute Gasteiger partial charge is 0.478 e. The van der Waals surface area contributed by atoms with E-state index in [0.29, 0.717) is 12.8 Å². The van der Waals surface area contributed by atoms with E-state index in [1.165, 1.54) is 0 Å². The average molecular weight is 665 g/mol. The van der Waals surface area contributed by atoms with Crippen molar-refractivity contribution in [3.8, 4) is 0 Å². The zero-order valence-corrected chi connectivity index (χ0v) is 30.6. The molecule has 0 saturated carbocycles. The molecule has 6 aliphatic heterocycles. The normalized spacial score (nSPS) is 53.5. The summed E-state index contributed by atoms with van der Waals surface area (Å²) >= 11 is 0. The van der Waals surface area contributed by atoms with Crippen LogP contribution in [0.1, 0.15) is 26.7 Å². The van der Waals surface area contributed by atoms with Crippen molar-refractivity contribution in [1.82, 2.24) is 0 Å². The van der Waals surface area contributed by atoms with Crippen LogP contribution in [0.2, 0.25) is 51.9 Å². The highest BCUT2D eigenvalue weighted by Crippen LogP contribution is 2.48. The van der Waals surface area contributed by atoms with Gasteiger partial charge in [-0.05, 0) is 12.8 Å². The first-order valence-corrected chi connectivity index (χ1v) is 29.9. The van der Waals surface area contributed by atoms with Crippen LogP contribution in [0.4, 0.5) is 0 Å². The lowest BCUT2D eigenvalue weighted by Crippen LogP contribution is -2.86. The van der Waals surface area contributed by atoms with Gasteiger partial charge in [-0.15, -0.1) is 0 Å². The molecule has 1 unspecified atom stereocenters. The van der Waals surface area contributed by atoms with Gasteiger partial charge in [0.15, 0.2) is 0 Å². The number of carbonyl (C=O) groups excluding carboxylic acids is 1. The van der Waals surface area contributed by atoms with Gasteiger partial charge in [-0.3, -0.25) is 4.79 Å². The molecule has 0 spiro atoms. The Labute approximate surface area is 225 Å². The predicted molar refractivity (Wildman–Crippen MR) is 140 cm³/mol. The Kier molecular flexibility index (Phi) is 7.20. The highest BCUT2D eigenvalue weighted by atomic mass is 28.6. The van der Waals surface area contributed by atoms with E-state index < -0.39 is 70.4 Å². The molecule has 14 nitrogen and oxygen atoms in total. The summed E-state index contributed by atoms with van der Waals surface area (Å²) < 4.78 is 84.5. The Morgan fingerprint density at radius 3 is 1.19 bits per heavy atom. The molecule has 6 rings (SSSR count). The average Bonchev–Trinajstić information content (AvgIpc) is 2.62. The van der Waals surface area contributed by atoms with Crippen LogP contribution in [-0.2, 0) is 58.9 Å². The van der Waals surface area contributed by atoms with Crippen molar-refractivity contribution in [2.24, 2.45) is 5.92 Å². The summed E-state index contributed by atoms with van der Waals surface area (Å²) in [5, 5.41) is 0. The Morgan fingerprint density at radius 1 is 0.595 bits per heavy atom. The van der Waals surface area contributed by atoms with Gasteiger partial charge in [-0.1, -0.05) is 13.8 Å². The van der Waals surface area contributed by atoms with E-state index in [2.05, 4.69) is 0 Å². The number of ether oxygens (including phenoxy) is 1. The van der Waals surface area contributed by atoms with E-state index in [9.17, 15) is 4.79 Å².